The zero-order valence-corrected chi connectivity index (χ0v) is 11.4. The Labute approximate surface area is 110 Å². The monoisotopic (exact) mass is 236 g/mol. The Kier molecular flexibility index (Phi) is 3.38. The molecule has 2 aromatic rings. The minimum Gasteiger partial charge on any atom is -0.0905 e. The van der Waals surface area contributed by atoms with Gasteiger partial charge < -0.3 is 0 Å². The summed E-state index contributed by atoms with van der Waals surface area (Å²) in [5.74, 6) is 0. The Morgan fingerprint density at radius 2 is 1.39 bits per heavy atom. The van der Waals surface area contributed by atoms with Crippen LogP contribution in [0.4, 0.5) is 0 Å². The Balaban J connectivity index is 2.50. The summed E-state index contributed by atoms with van der Waals surface area (Å²) in [6.45, 7) is 11.0. The van der Waals surface area contributed by atoms with Gasteiger partial charge in [-0.3, -0.25) is 0 Å². The van der Waals surface area contributed by atoms with Crippen molar-refractivity contribution in [2.45, 2.75) is 26.2 Å². The fraction of sp³-hybridized carbons (Fsp3) is 0.222. The highest BCUT2D eigenvalue weighted by Crippen LogP contribution is 2.32. The zero-order chi connectivity index (χ0) is 13.2. The first-order chi connectivity index (χ1) is 8.50. The van der Waals surface area contributed by atoms with Crippen LogP contribution in [0, 0.1) is 0 Å². The van der Waals surface area contributed by atoms with Crippen LogP contribution in [-0.4, -0.2) is 0 Å². The molecule has 92 valence electrons. The molecule has 0 fully saturated rings. The van der Waals surface area contributed by atoms with E-state index in [9.17, 15) is 0 Å². The van der Waals surface area contributed by atoms with Crippen molar-refractivity contribution in [3.05, 3.63) is 77.9 Å². The Morgan fingerprint density at radius 3 is 2.00 bits per heavy atom. The van der Waals surface area contributed by atoms with Crippen LogP contribution in [0.5, 0.6) is 0 Å². The van der Waals surface area contributed by atoms with E-state index in [0.717, 1.165) is 5.57 Å². The van der Waals surface area contributed by atoms with Gasteiger partial charge in [-0.25, -0.2) is 0 Å². The first kappa shape index (κ1) is 12.6. The van der Waals surface area contributed by atoms with Gasteiger partial charge >= 0.3 is 0 Å². The molecule has 0 spiro atoms. The maximum absolute atomic E-state index is 4.27. The molecule has 2 rings (SSSR count). The molecule has 0 aliphatic carbocycles. The van der Waals surface area contributed by atoms with E-state index in [1.165, 1.54) is 16.7 Å². The molecular formula is C18H20. The van der Waals surface area contributed by atoms with Gasteiger partial charge in [0.25, 0.3) is 0 Å². The molecule has 0 nitrogen and oxygen atoms in total. The topological polar surface area (TPSA) is 0 Å². The van der Waals surface area contributed by atoms with Crippen molar-refractivity contribution in [3.63, 3.8) is 0 Å². The van der Waals surface area contributed by atoms with Crippen molar-refractivity contribution >= 4 is 5.57 Å². The van der Waals surface area contributed by atoms with Crippen LogP contribution in [0.15, 0.2) is 61.2 Å². The second-order valence-electron chi connectivity index (χ2n) is 5.64. The Morgan fingerprint density at radius 1 is 0.833 bits per heavy atom. The highest BCUT2D eigenvalue weighted by Gasteiger charge is 2.18. The third kappa shape index (κ3) is 2.53. The first-order valence-electron chi connectivity index (χ1n) is 6.34. The summed E-state index contributed by atoms with van der Waals surface area (Å²) in [5.41, 5.74) is 5.01. The molecule has 0 saturated heterocycles. The molecule has 0 bridgehead atoms. The molecule has 0 amide bonds. The fourth-order valence-corrected chi connectivity index (χ4v) is 2.20. The van der Waals surface area contributed by atoms with Crippen LogP contribution in [0.3, 0.4) is 0 Å². The molecule has 0 aliphatic rings. The van der Waals surface area contributed by atoms with Crippen molar-refractivity contribution < 1.29 is 0 Å². The summed E-state index contributed by atoms with van der Waals surface area (Å²) in [4.78, 5) is 0. The number of rotatable bonds is 2. The number of benzene rings is 2. The molecular weight excluding hydrogens is 216 g/mol. The second-order valence-corrected chi connectivity index (χ2v) is 5.64. The van der Waals surface area contributed by atoms with Gasteiger partial charge in [-0.1, -0.05) is 81.9 Å². The van der Waals surface area contributed by atoms with Crippen LogP contribution in [0.1, 0.15) is 37.5 Å². The summed E-state index contributed by atoms with van der Waals surface area (Å²) in [6, 6.07) is 18.9. The largest absolute Gasteiger partial charge is 0.0905 e. The quantitative estimate of drug-likeness (QED) is 0.684. The lowest BCUT2D eigenvalue weighted by molar-refractivity contribution is 0.588. The average Bonchev–Trinajstić information content (AvgIpc) is 2.38. The van der Waals surface area contributed by atoms with Crippen molar-refractivity contribution in [2.24, 2.45) is 0 Å². The van der Waals surface area contributed by atoms with Gasteiger partial charge in [0, 0.05) is 0 Å². The second kappa shape index (κ2) is 4.81. The molecule has 0 heterocycles. The fourth-order valence-electron chi connectivity index (χ4n) is 2.20. The van der Waals surface area contributed by atoms with Crippen LogP contribution in [0.25, 0.3) is 5.57 Å². The zero-order valence-electron chi connectivity index (χ0n) is 11.4. The van der Waals surface area contributed by atoms with Crippen LogP contribution in [0.2, 0.25) is 0 Å². The first-order valence-corrected chi connectivity index (χ1v) is 6.34. The van der Waals surface area contributed by atoms with Gasteiger partial charge in [0.1, 0.15) is 0 Å². The van der Waals surface area contributed by atoms with Gasteiger partial charge in [-0.2, -0.15) is 0 Å². The smallest absolute Gasteiger partial charge is 0.0126 e. The van der Waals surface area contributed by atoms with E-state index in [-0.39, 0.29) is 5.41 Å². The molecule has 0 heteroatoms. The molecule has 0 saturated carbocycles. The van der Waals surface area contributed by atoms with E-state index in [2.05, 4.69) is 75.9 Å². The van der Waals surface area contributed by atoms with Gasteiger partial charge in [0.2, 0.25) is 0 Å². The van der Waals surface area contributed by atoms with Gasteiger partial charge in [0.15, 0.2) is 0 Å². The minimum absolute atomic E-state index is 0.133. The van der Waals surface area contributed by atoms with Crippen LogP contribution in [-0.2, 0) is 5.41 Å². The summed E-state index contributed by atoms with van der Waals surface area (Å²) in [5, 5.41) is 0. The highest BCUT2D eigenvalue weighted by atomic mass is 14.2. The van der Waals surface area contributed by atoms with E-state index < -0.39 is 0 Å². The lowest BCUT2D eigenvalue weighted by atomic mass is 9.81. The standard InChI is InChI=1S/C18H20/c1-14(15-10-6-5-7-11-15)16-12-8-9-13-17(16)18(2,3)4/h5-13H,1H2,2-4H3. The van der Waals surface area contributed by atoms with E-state index in [4.69, 9.17) is 0 Å². The van der Waals surface area contributed by atoms with E-state index in [0.29, 0.717) is 0 Å². The normalized spacial score (nSPS) is 11.3. The highest BCUT2D eigenvalue weighted by molar-refractivity contribution is 5.80. The lowest BCUT2D eigenvalue weighted by Gasteiger charge is -2.24. The SMILES string of the molecule is C=C(c1ccccc1)c1ccccc1C(C)(C)C. The predicted molar refractivity (Wildman–Crippen MR) is 79.7 cm³/mol. The molecule has 0 aliphatic heterocycles. The molecule has 18 heavy (non-hydrogen) atoms. The van der Waals surface area contributed by atoms with Crippen molar-refractivity contribution in [1.29, 1.82) is 0 Å². The third-order valence-corrected chi connectivity index (χ3v) is 3.18. The molecule has 0 atom stereocenters. The average molecular weight is 236 g/mol. The summed E-state index contributed by atoms with van der Waals surface area (Å²) in [7, 11) is 0. The molecule has 0 N–H and O–H groups in total. The van der Waals surface area contributed by atoms with Gasteiger partial charge in [0.05, 0.1) is 0 Å². The van der Waals surface area contributed by atoms with E-state index >= 15 is 0 Å². The Hall–Kier alpha value is -1.82. The van der Waals surface area contributed by atoms with Crippen molar-refractivity contribution in [3.8, 4) is 0 Å². The maximum atomic E-state index is 4.27. The van der Waals surface area contributed by atoms with Crippen molar-refractivity contribution in [2.75, 3.05) is 0 Å². The van der Waals surface area contributed by atoms with E-state index in [1.807, 2.05) is 6.07 Å². The maximum Gasteiger partial charge on any atom is -0.0126 e. The van der Waals surface area contributed by atoms with Gasteiger partial charge in [-0.05, 0) is 27.7 Å². The number of hydrogen-bond donors (Lipinski definition) is 0. The molecule has 0 radical (unpaired) electrons. The summed E-state index contributed by atoms with van der Waals surface area (Å²) >= 11 is 0. The van der Waals surface area contributed by atoms with E-state index in [1.54, 1.807) is 0 Å². The molecule has 2 aromatic carbocycles. The van der Waals surface area contributed by atoms with Crippen LogP contribution < -0.4 is 0 Å². The number of hydrogen-bond acceptors (Lipinski definition) is 0. The third-order valence-electron chi connectivity index (χ3n) is 3.18. The predicted octanol–water partition coefficient (Wildman–Crippen LogP) is 5.05. The minimum atomic E-state index is 0.133. The van der Waals surface area contributed by atoms with Crippen LogP contribution >= 0.6 is 0 Å². The molecule has 0 aromatic heterocycles. The van der Waals surface area contributed by atoms with Crippen molar-refractivity contribution in [1.82, 2.24) is 0 Å². The summed E-state index contributed by atoms with van der Waals surface area (Å²) < 4.78 is 0. The van der Waals surface area contributed by atoms with Gasteiger partial charge in [-0.15, -0.1) is 0 Å². The summed E-state index contributed by atoms with van der Waals surface area (Å²) in [6.07, 6.45) is 0. The molecule has 0 unspecified atom stereocenters. The Bertz CT molecular complexity index is 542. The lowest BCUT2D eigenvalue weighted by Crippen LogP contribution is -2.13.